The van der Waals surface area contributed by atoms with Crippen molar-refractivity contribution in [3.05, 3.63) is 43.2 Å². The molecule has 0 bridgehead atoms. The number of imidazole rings is 1. The highest BCUT2D eigenvalue weighted by molar-refractivity contribution is 5.75. The van der Waals surface area contributed by atoms with Crippen LogP contribution in [0.1, 0.15) is 26.3 Å². The van der Waals surface area contributed by atoms with E-state index in [1.165, 1.54) is 0 Å². The summed E-state index contributed by atoms with van der Waals surface area (Å²) in [6.45, 7) is 7.51. The molecule has 90 valence electrons. The first kappa shape index (κ1) is 11.9. The van der Waals surface area contributed by atoms with Gasteiger partial charge in [-0.05, 0) is 32.4 Å². The predicted molar refractivity (Wildman–Crippen MR) is 69.9 cm³/mol. The lowest BCUT2D eigenvalue weighted by Gasteiger charge is -2.30. The normalized spacial score (nSPS) is 16.6. The summed E-state index contributed by atoms with van der Waals surface area (Å²) >= 11 is 0. The molecular formula is C14H18N2O. The summed E-state index contributed by atoms with van der Waals surface area (Å²) < 4.78 is 2.01. The third-order valence-corrected chi connectivity index (χ3v) is 3.36. The van der Waals surface area contributed by atoms with Crippen molar-refractivity contribution in [1.29, 1.82) is 0 Å². The molecule has 0 aliphatic rings. The molecule has 0 aliphatic heterocycles. The molecule has 2 rings (SSSR count). The fraction of sp³-hybridized carbons (Fsp3) is 0.357. The predicted octanol–water partition coefficient (Wildman–Crippen LogP) is 2.92. The second-order valence-electron chi connectivity index (χ2n) is 4.67. The summed E-state index contributed by atoms with van der Waals surface area (Å²) in [5.41, 5.74) is 1.18. The highest BCUT2D eigenvalue weighted by Crippen LogP contribution is 2.28. The fourth-order valence-corrected chi connectivity index (χ4v) is 2.05. The van der Waals surface area contributed by atoms with E-state index in [2.05, 4.69) is 11.6 Å². The number of para-hydroxylation sites is 2. The highest BCUT2D eigenvalue weighted by Gasteiger charge is 2.28. The monoisotopic (exact) mass is 230 g/mol. The third-order valence-electron chi connectivity index (χ3n) is 3.36. The number of aromatic nitrogens is 2. The number of hydrogen-bond acceptors (Lipinski definition) is 2. The van der Waals surface area contributed by atoms with Gasteiger partial charge < -0.3 is 9.67 Å². The van der Waals surface area contributed by atoms with Gasteiger partial charge in [0.15, 0.2) is 0 Å². The Morgan fingerprint density at radius 1 is 1.53 bits per heavy atom. The molecule has 3 nitrogen and oxygen atoms in total. The summed E-state index contributed by atoms with van der Waals surface area (Å²) in [5.74, 6) is 0. The molecule has 1 N–H and O–H groups in total. The van der Waals surface area contributed by atoms with Crippen molar-refractivity contribution in [2.45, 2.75) is 31.9 Å². The van der Waals surface area contributed by atoms with Crippen LogP contribution in [0.5, 0.6) is 0 Å². The first-order valence-corrected chi connectivity index (χ1v) is 5.81. The molecule has 0 radical (unpaired) electrons. The fourth-order valence-electron chi connectivity index (χ4n) is 2.05. The summed E-state index contributed by atoms with van der Waals surface area (Å²) in [6.07, 6.45) is 4.09. The third kappa shape index (κ3) is 2.11. The minimum atomic E-state index is -0.814. The van der Waals surface area contributed by atoms with Gasteiger partial charge in [-0.2, -0.15) is 0 Å². The van der Waals surface area contributed by atoms with Gasteiger partial charge in [-0.1, -0.05) is 18.2 Å². The average molecular weight is 230 g/mol. The molecule has 3 heteroatoms. The second kappa shape index (κ2) is 4.34. The number of aliphatic hydroxyl groups is 1. The van der Waals surface area contributed by atoms with Gasteiger partial charge >= 0.3 is 0 Å². The van der Waals surface area contributed by atoms with E-state index in [0.29, 0.717) is 6.42 Å². The van der Waals surface area contributed by atoms with Crippen LogP contribution in [0.4, 0.5) is 0 Å². The van der Waals surface area contributed by atoms with Crippen LogP contribution in [-0.2, 0) is 0 Å². The average Bonchev–Trinajstić information content (AvgIpc) is 2.71. The summed E-state index contributed by atoms with van der Waals surface area (Å²) in [7, 11) is 0. The SMILES string of the molecule is C=CC[C@](C)(O)[C@@H](C)n1cnc2ccccc21. The first-order valence-electron chi connectivity index (χ1n) is 5.81. The zero-order valence-electron chi connectivity index (χ0n) is 10.3. The zero-order chi connectivity index (χ0) is 12.5. The Labute approximate surface area is 101 Å². The van der Waals surface area contributed by atoms with Crippen molar-refractivity contribution in [2.24, 2.45) is 0 Å². The van der Waals surface area contributed by atoms with Gasteiger partial charge in [0.1, 0.15) is 0 Å². The van der Waals surface area contributed by atoms with Crippen molar-refractivity contribution in [1.82, 2.24) is 9.55 Å². The van der Waals surface area contributed by atoms with Crippen LogP contribution in [0.3, 0.4) is 0 Å². The number of rotatable bonds is 4. The maximum atomic E-state index is 10.4. The maximum absolute atomic E-state index is 10.4. The van der Waals surface area contributed by atoms with Gasteiger partial charge in [0.2, 0.25) is 0 Å². The molecule has 2 atom stereocenters. The van der Waals surface area contributed by atoms with Gasteiger partial charge in [-0.25, -0.2) is 4.98 Å². The largest absolute Gasteiger partial charge is 0.388 e. The lowest BCUT2D eigenvalue weighted by Crippen LogP contribution is -2.33. The Bertz CT molecular complexity index is 528. The topological polar surface area (TPSA) is 38.0 Å². The number of hydrogen-bond donors (Lipinski definition) is 1. The van der Waals surface area contributed by atoms with Crippen LogP contribution in [0.25, 0.3) is 11.0 Å². The van der Waals surface area contributed by atoms with E-state index in [-0.39, 0.29) is 6.04 Å². The Morgan fingerprint density at radius 3 is 2.94 bits per heavy atom. The van der Waals surface area contributed by atoms with Gasteiger partial charge in [-0.15, -0.1) is 6.58 Å². The van der Waals surface area contributed by atoms with E-state index in [1.807, 2.05) is 42.7 Å². The Hall–Kier alpha value is -1.61. The molecule has 1 heterocycles. The van der Waals surface area contributed by atoms with Gasteiger partial charge in [0, 0.05) is 0 Å². The van der Waals surface area contributed by atoms with Crippen LogP contribution < -0.4 is 0 Å². The molecule has 0 spiro atoms. The molecule has 17 heavy (non-hydrogen) atoms. The summed E-state index contributed by atoms with van der Waals surface area (Å²) in [4.78, 5) is 4.34. The number of benzene rings is 1. The van der Waals surface area contributed by atoms with Crippen LogP contribution >= 0.6 is 0 Å². The van der Waals surface area contributed by atoms with Crippen LogP contribution in [-0.4, -0.2) is 20.3 Å². The van der Waals surface area contributed by atoms with E-state index >= 15 is 0 Å². The molecule has 0 unspecified atom stereocenters. The molecule has 0 fully saturated rings. The van der Waals surface area contributed by atoms with Crippen molar-refractivity contribution in [3.8, 4) is 0 Å². The van der Waals surface area contributed by atoms with Gasteiger partial charge in [0.25, 0.3) is 0 Å². The van der Waals surface area contributed by atoms with E-state index in [1.54, 1.807) is 12.4 Å². The lowest BCUT2D eigenvalue weighted by molar-refractivity contribution is 0.0162. The van der Waals surface area contributed by atoms with E-state index in [4.69, 9.17) is 0 Å². The van der Waals surface area contributed by atoms with Crippen LogP contribution in [0.15, 0.2) is 43.2 Å². The number of fused-ring (bicyclic) bond motifs is 1. The maximum Gasteiger partial charge on any atom is 0.0961 e. The van der Waals surface area contributed by atoms with Crippen molar-refractivity contribution in [2.75, 3.05) is 0 Å². The molecule has 1 aromatic heterocycles. The minimum Gasteiger partial charge on any atom is -0.388 e. The molecule has 0 saturated carbocycles. The Kier molecular flexibility index (Phi) is 3.03. The van der Waals surface area contributed by atoms with Crippen molar-refractivity contribution >= 4 is 11.0 Å². The molecule has 0 aliphatic carbocycles. The molecule has 1 aromatic carbocycles. The van der Waals surface area contributed by atoms with Crippen LogP contribution in [0, 0.1) is 0 Å². The van der Waals surface area contributed by atoms with Crippen molar-refractivity contribution in [3.63, 3.8) is 0 Å². The lowest BCUT2D eigenvalue weighted by atomic mass is 9.94. The standard InChI is InChI=1S/C14H18N2O/c1-4-9-14(3,17)11(2)16-10-15-12-7-5-6-8-13(12)16/h4-8,10-11,17H,1,9H2,2-3H3/t11-,14+/m1/s1. The summed E-state index contributed by atoms with van der Waals surface area (Å²) in [5, 5.41) is 10.4. The van der Waals surface area contributed by atoms with E-state index in [0.717, 1.165) is 11.0 Å². The quantitative estimate of drug-likeness (QED) is 0.820. The number of nitrogens with zero attached hydrogens (tertiary/aromatic N) is 2. The van der Waals surface area contributed by atoms with Gasteiger partial charge in [0.05, 0.1) is 29.0 Å². The molecule has 0 amide bonds. The minimum absolute atomic E-state index is 0.0482. The second-order valence-corrected chi connectivity index (χ2v) is 4.67. The molecule has 2 aromatic rings. The van der Waals surface area contributed by atoms with Crippen molar-refractivity contribution < 1.29 is 5.11 Å². The molecule has 0 saturated heterocycles. The van der Waals surface area contributed by atoms with Gasteiger partial charge in [-0.3, -0.25) is 0 Å². The highest BCUT2D eigenvalue weighted by atomic mass is 16.3. The Balaban J connectivity index is 2.43. The summed E-state index contributed by atoms with van der Waals surface area (Å²) in [6, 6.07) is 7.89. The van der Waals surface area contributed by atoms with Crippen LogP contribution in [0.2, 0.25) is 0 Å². The first-order chi connectivity index (χ1) is 8.06. The zero-order valence-corrected chi connectivity index (χ0v) is 10.3. The van der Waals surface area contributed by atoms with E-state index in [9.17, 15) is 5.11 Å². The smallest absolute Gasteiger partial charge is 0.0961 e. The Morgan fingerprint density at radius 2 is 2.24 bits per heavy atom. The molecular weight excluding hydrogens is 212 g/mol. The van der Waals surface area contributed by atoms with E-state index < -0.39 is 5.60 Å².